The summed E-state index contributed by atoms with van der Waals surface area (Å²) in [5, 5.41) is 14.7. The molecular formula is C13H11FN6O2. The minimum Gasteiger partial charge on any atom is -0.472 e. The van der Waals surface area contributed by atoms with Gasteiger partial charge in [0.15, 0.2) is 0 Å². The molecule has 0 saturated carbocycles. The predicted octanol–water partition coefficient (Wildman–Crippen LogP) is 0.474. The van der Waals surface area contributed by atoms with Gasteiger partial charge in [0.05, 0.1) is 11.3 Å². The molecule has 8 nitrogen and oxygen atoms in total. The number of halogens is 1. The minimum absolute atomic E-state index is 0.121. The molecule has 0 saturated heterocycles. The van der Waals surface area contributed by atoms with Crippen LogP contribution in [0.3, 0.4) is 0 Å². The summed E-state index contributed by atoms with van der Waals surface area (Å²) in [4.78, 5) is 11.9. The zero-order chi connectivity index (χ0) is 15.5. The predicted molar refractivity (Wildman–Crippen MR) is 72.9 cm³/mol. The first-order valence-corrected chi connectivity index (χ1v) is 6.34. The van der Waals surface area contributed by atoms with E-state index in [1.165, 1.54) is 25.4 Å². The van der Waals surface area contributed by atoms with E-state index in [2.05, 4.69) is 20.6 Å². The lowest BCUT2D eigenvalue weighted by molar-refractivity contribution is 0.284. The number of hydrogen-bond acceptors (Lipinski definition) is 6. The van der Waals surface area contributed by atoms with Crippen LogP contribution in [-0.4, -0.2) is 30.0 Å². The molecule has 0 bridgehead atoms. The highest BCUT2D eigenvalue weighted by Gasteiger charge is 2.15. The van der Waals surface area contributed by atoms with Gasteiger partial charge in [-0.15, -0.1) is 5.10 Å². The second-order valence-corrected chi connectivity index (χ2v) is 4.38. The lowest BCUT2D eigenvalue weighted by Gasteiger charge is -2.10. The number of ether oxygens (including phenoxy) is 1. The fraction of sp³-hybridized carbons (Fsp3) is 0.154. The quantitative estimate of drug-likeness (QED) is 0.696. The Bertz CT molecular complexity index is 845. The van der Waals surface area contributed by atoms with Gasteiger partial charge in [0.2, 0.25) is 5.88 Å². The van der Waals surface area contributed by atoms with E-state index in [1.807, 2.05) is 0 Å². The van der Waals surface area contributed by atoms with Crippen LogP contribution in [0.5, 0.6) is 5.88 Å². The molecule has 0 amide bonds. The summed E-state index contributed by atoms with van der Waals surface area (Å²) in [6.45, 7) is -0.121. The van der Waals surface area contributed by atoms with E-state index < -0.39 is 11.5 Å². The summed E-state index contributed by atoms with van der Waals surface area (Å²) >= 11 is 0. The zero-order valence-electron chi connectivity index (χ0n) is 11.5. The highest BCUT2D eigenvalue weighted by Crippen LogP contribution is 2.18. The van der Waals surface area contributed by atoms with Crippen molar-refractivity contribution in [3.05, 3.63) is 58.4 Å². The average Bonchev–Trinajstić information content (AvgIpc) is 2.86. The molecule has 2 heterocycles. The number of benzene rings is 1. The van der Waals surface area contributed by atoms with E-state index in [9.17, 15) is 9.18 Å². The normalized spacial score (nSPS) is 10.6. The molecule has 0 unspecified atom stereocenters. The molecule has 1 aromatic carbocycles. The molecular weight excluding hydrogens is 291 g/mol. The molecule has 112 valence electrons. The smallest absolute Gasteiger partial charge is 0.368 e. The zero-order valence-corrected chi connectivity index (χ0v) is 11.5. The Morgan fingerprint density at radius 1 is 1.23 bits per heavy atom. The van der Waals surface area contributed by atoms with Gasteiger partial charge in [0.25, 0.3) is 0 Å². The largest absolute Gasteiger partial charge is 0.472 e. The van der Waals surface area contributed by atoms with Gasteiger partial charge in [0.1, 0.15) is 12.4 Å². The molecule has 0 aliphatic carbocycles. The van der Waals surface area contributed by atoms with Crippen LogP contribution in [0.1, 0.15) is 5.56 Å². The minimum atomic E-state index is -0.515. The fourth-order valence-electron chi connectivity index (χ4n) is 1.86. The van der Waals surface area contributed by atoms with Crippen molar-refractivity contribution >= 4 is 0 Å². The van der Waals surface area contributed by atoms with Crippen molar-refractivity contribution in [3.8, 4) is 11.6 Å². The maximum atomic E-state index is 14.1. The summed E-state index contributed by atoms with van der Waals surface area (Å²) in [5.41, 5.74) is -0.0379. The number of aryl methyl sites for hydroxylation is 1. The lowest BCUT2D eigenvalue weighted by Crippen LogP contribution is -2.23. The second kappa shape index (κ2) is 5.72. The highest BCUT2D eigenvalue weighted by atomic mass is 19.1. The van der Waals surface area contributed by atoms with Gasteiger partial charge in [0, 0.05) is 19.3 Å². The fourth-order valence-corrected chi connectivity index (χ4v) is 1.86. The molecule has 0 atom stereocenters. The molecule has 0 radical (unpaired) electrons. The Morgan fingerprint density at radius 2 is 2.09 bits per heavy atom. The molecule has 0 N–H and O–H groups in total. The Hall–Kier alpha value is -3.10. The molecule has 3 rings (SSSR count). The lowest BCUT2D eigenvalue weighted by atomic mass is 10.2. The first-order chi connectivity index (χ1) is 10.7. The molecule has 2 aromatic heterocycles. The SMILES string of the molecule is Cn1nnn(-c2cccc(F)c2COc2cccnn2)c1=O. The van der Waals surface area contributed by atoms with E-state index in [-0.39, 0.29) is 23.7 Å². The van der Waals surface area contributed by atoms with Crippen molar-refractivity contribution in [1.29, 1.82) is 0 Å². The summed E-state index contributed by atoms with van der Waals surface area (Å²) in [6, 6.07) is 7.58. The van der Waals surface area contributed by atoms with Crippen LogP contribution in [0.15, 0.2) is 41.3 Å². The summed E-state index contributed by atoms with van der Waals surface area (Å²) in [5.74, 6) is -0.262. The standard InChI is InChI=1S/C13H11FN6O2/c1-19-13(21)20(18-17-19)11-5-2-4-10(14)9(11)8-22-12-6-3-7-15-16-12/h2-7H,8H2,1H3. The third-order valence-corrected chi connectivity index (χ3v) is 2.96. The number of aromatic nitrogens is 6. The third kappa shape index (κ3) is 2.55. The summed E-state index contributed by atoms with van der Waals surface area (Å²) in [7, 11) is 1.46. The van der Waals surface area contributed by atoms with Crippen LogP contribution >= 0.6 is 0 Å². The van der Waals surface area contributed by atoms with Gasteiger partial charge in [-0.2, -0.15) is 14.5 Å². The molecule has 0 spiro atoms. The highest BCUT2D eigenvalue weighted by molar-refractivity contribution is 5.40. The van der Waals surface area contributed by atoms with Crippen molar-refractivity contribution in [3.63, 3.8) is 0 Å². The Kier molecular flexibility index (Phi) is 3.60. The van der Waals surface area contributed by atoms with Crippen molar-refractivity contribution in [1.82, 2.24) is 30.0 Å². The van der Waals surface area contributed by atoms with Crippen LogP contribution in [-0.2, 0) is 13.7 Å². The summed E-state index contributed by atoms with van der Waals surface area (Å²) in [6.07, 6.45) is 1.50. The van der Waals surface area contributed by atoms with Crippen LogP contribution in [0.2, 0.25) is 0 Å². The maximum Gasteiger partial charge on any atom is 0.368 e. The number of rotatable bonds is 4. The van der Waals surface area contributed by atoms with Crippen molar-refractivity contribution in [2.24, 2.45) is 7.05 Å². The van der Waals surface area contributed by atoms with Crippen LogP contribution < -0.4 is 10.4 Å². The van der Waals surface area contributed by atoms with E-state index >= 15 is 0 Å². The number of tetrazole rings is 1. The van der Waals surface area contributed by atoms with Gasteiger partial charge in [-0.25, -0.2) is 9.18 Å². The van der Waals surface area contributed by atoms with E-state index in [0.29, 0.717) is 0 Å². The van der Waals surface area contributed by atoms with Gasteiger partial charge in [-0.3, -0.25) is 0 Å². The molecule has 0 aliphatic rings. The Labute approximate surface area is 123 Å². The van der Waals surface area contributed by atoms with Crippen molar-refractivity contribution in [2.75, 3.05) is 0 Å². The number of hydrogen-bond donors (Lipinski definition) is 0. The third-order valence-electron chi connectivity index (χ3n) is 2.96. The van der Waals surface area contributed by atoms with Crippen molar-refractivity contribution < 1.29 is 9.13 Å². The molecule has 0 fully saturated rings. The molecule has 22 heavy (non-hydrogen) atoms. The van der Waals surface area contributed by atoms with Gasteiger partial charge < -0.3 is 4.74 Å². The topological polar surface area (TPSA) is 87.7 Å². The Morgan fingerprint density at radius 3 is 2.77 bits per heavy atom. The van der Waals surface area contributed by atoms with Crippen molar-refractivity contribution in [2.45, 2.75) is 6.61 Å². The first-order valence-electron chi connectivity index (χ1n) is 6.34. The Balaban J connectivity index is 1.97. The van der Waals surface area contributed by atoms with Crippen LogP contribution in [0, 0.1) is 5.82 Å². The van der Waals surface area contributed by atoms with Crippen LogP contribution in [0.25, 0.3) is 5.69 Å². The van der Waals surface area contributed by atoms with Gasteiger partial charge >= 0.3 is 5.69 Å². The summed E-state index contributed by atoms with van der Waals surface area (Å²) < 4.78 is 21.6. The number of nitrogens with zero attached hydrogens (tertiary/aromatic N) is 6. The monoisotopic (exact) mass is 302 g/mol. The van der Waals surface area contributed by atoms with Gasteiger partial charge in [-0.05, 0) is 28.6 Å². The molecule has 3 aromatic rings. The molecule has 9 heteroatoms. The van der Waals surface area contributed by atoms with E-state index in [1.54, 1.807) is 18.2 Å². The van der Waals surface area contributed by atoms with Crippen LogP contribution in [0.4, 0.5) is 4.39 Å². The first kappa shape index (κ1) is 13.9. The van der Waals surface area contributed by atoms with E-state index in [4.69, 9.17) is 4.74 Å². The van der Waals surface area contributed by atoms with Gasteiger partial charge in [-0.1, -0.05) is 6.07 Å². The maximum absolute atomic E-state index is 14.1. The second-order valence-electron chi connectivity index (χ2n) is 4.38. The van der Waals surface area contributed by atoms with E-state index in [0.717, 1.165) is 9.36 Å². The molecule has 0 aliphatic heterocycles. The average molecular weight is 302 g/mol.